The van der Waals surface area contributed by atoms with Gasteiger partial charge in [0.25, 0.3) is 0 Å². The predicted octanol–water partition coefficient (Wildman–Crippen LogP) is -1.43. The topological polar surface area (TPSA) is 30.0 Å². The van der Waals surface area contributed by atoms with Gasteiger partial charge in [0.1, 0.15) is 0 Å². The maximum absolute atomic E-state index is 9.85. The van der Waals surface area contributed by atoms with E-state index in [9.17, 15) is 4.79 Å². The summed E-state index contributed by atoms with van der Waals surface area (Å²) in [7, 11) is 0. The second kappa shape index (κ2) is 10.5. The van der Waals surface area contributed by atoms with Crippen LogP contribution < -0.4 is 51.4 Å². The summed E-state index contributed by atoms with van der Waals surface area (Å²) in [6.45, 7) is 4.00. The van der Waals surface area contributed by atoms with Crippen LogP contribution in [-0.2, 0) is 4.79 Å². The normalized spacial score (nSPS) is 6.73. The van der Waals surface area contributed by atoms with Crippen LogP contribution in [0.25, 0.3) is 0 Å². The predicted molar refractivity (Wildman–Crippen MR) is 40.4 cm³/mol. The van der Waals surface area contributed by atoms with Crippen molar-refractivity contribution < 1.29 is 56.2 Å². The van der Waals surface area contributed by atoms with Crippen LogP contribution in [0.3, 0.4) is 0 Å². The Labute approximate surface area is 110 Å². The van der Waals surface area contributed by atoms with Crippen molar-refractivity contribution in [3.63, 3.8) is 0 Å². The van der Waals surface area contributed by atoms with E-state index < -0.39 is 0 Å². The number of hydrogen-bond acceptors (Lipinski definition) is 2. The number of rotatable bonds is 1. The van der Waals surface area contributed by atoms with Gasteiger partial charge in [-0.3, -0.25) is 4.98 Å². The van der Waals surface area contributed by atoms with Gasteiger partial charge in [-0.05, 0) is 12.4 Å². The van der Waals surface area contributed by atoms with Crippen LogP contribution in [0.4, 0.5) is 0 Å². The van der Waals surface area contributed by atoms with Gasteiger partial charge in [0.2, 0.25) is 0 Å². The van der Waals surface area contributed by atoms with Crippen LogP contribution in [0.5, 0.6) is 0 Å². The number of hydrogen-bond donors (Lipinski definition) is 0. The van der Waals surface area contributed by atoms with Crippen molar-refractivity contribution in [2.75, 3.05) is 0 Å². The minimum Gasteiger partial charge on any atom is -0.376 e. The van der Waals surface area contributed by atoms with Gasteiger partial charge in [-0.1, -0.05) is 13.8 Å². The molecule has 0 bridgehead atoms. The molecule has 0 saturated heterocycles. The molecule has 11 heavy (non-hydrogen) atoms. The summed E-state index contributed by atoms with van der Waals surface area (Å²) in [6.07, 6.45) is 4.85. The maximum Gasteiger partial charge on any atom is 1.00 e. The molecule has 54 valence electrons. The van der Waals surface area contributed by atoms with Gasteiger partial charge in [-0.2, -0.15) is 0 Å². The molecule has 3 heteroatoms. The van der Waals surface area contributed by atoms with Crippen molar-refractivity contribution in [2.45, 2.75) is 13.8 Å². The summed E-state index contributed by atoms with van der Waals surface area (Å²) < 4.78 is 0. The van der Waals surface area contributed by atoms with E-state index in [-0.39, 0.29) is 51.4 Å². The van der Waals surface area contributed by atoms with Crippen molar-refractivity contribution >= 4 is 6.29 Å². The van der Waals surface area contributed by atoms with Gasteiger partial charge in [0, 0.05) is 0 Å². The number of nitrogens with zero attached hydrogens (tertiary/aromatic N) is 1. The quantitative estimate of drug-likeness (QED) is 0.387. The van der Waals surface area contributed by atoms with E-state index in [0.29, 0.717) is 5.56 Å². The fraction of sp³-hybridized carbons (Fsp3) is 0.250. The molecular weight excluding hydrogens is 165 g/mol. The second-order valence-electron chi connectivity index (χ2n) is 1.34. The van der Waals surface area contributed by atoms with Gasteiger partial charge >= 0.3 is 51.4 Å². The molecule has 0 unspecified atom stereocenters. The number of pyridine rings is 1. The van der Waals surface area contributed by atoms with Gasteiger partial charge in [-0.25, -0.2) is 0 Å². The van der Waals surface area contributed by atoms with Gasteiger partial charge in [0.15, 0.2) is 0 Å². The Bertz CT molecular complexity index is 177. The molecule has 0 aromatic carbocycles. The molecule has 0 aliphatic heterocycles. The zero-order valence-electron chi connectivity index (χ0n) is 7.16. The maximum atomic E-state index is 9.85. The summed E-state index contributed by atoms with van der Waals surface area (Å²) in [6, 6.07) is 3.21. The van der Waals surface area contributed by atoms with E-state index in [0.717, 1.165) is 0 Å². The van der Waals surface area contributed by atoms with Crippen LogP contribution >= 0.6 is 0 Å². The summed E-state index contributed by atoms with van der Waals surface area (Å²) in [4.78, 5) is 13.6. The second-order valence-corrected chi connectivity index (χ2v) is 1.34. The SMILES string of the molecule is CC.O=[C-]c1ccncc1.[K+]. The van der Waals surface area contributed by atoms with Crippen molar-refractivity contribution in [3.8, 4) is 0 Å². The average Bonchev–Trinajstić information content (AvgIpc) is 2.10. The summed E-state index contributed by atoms with van der Waals surface area (Å²) in [5, 5.41) is 0. The third kappa shape index (κ3) is 6.84. The first-order valence-electron chi connectivity index (χ1n) is 3.21. The fourth-order valence-electron chi connectivity index (χ4n) is 0.420. The Hall–Kier alpha value is 0.456. The molecule has 0 radical (unpaired) electrons. The first kappa shape index (κ1) is 14.0. The van der Waals surface area contributed by atoms with Crippen molar-refractivity contribution in [3.05, 3.63) is 30.1 Å². The van der Waals surface area contributed by atoms with Crippen LogP contribution in [0.2, 0.25) is 0 Å². The molecule has 0 spiro atoms. The average molecular weight is 175 g/mol. The number of aromatic nitrogens is 1. The van der Waals surface area contributed by atoms with Gasteiger partial charge in [0.05, 0.1) is 6.29 Å². The van der Waals surface area contributed by atoms with Crippen LogP contribution in [0.1, 0.15) is 19.4 Å². The Morgan fingerprint density at radius 1 is 1.27 bits per heavy atom. The molecule has 1 rings (SSSR count). The van der Waals surface area contributed by atoms with Crippen molar-refractivity contribution in [2.24, 2.45) is 0 Å². The van der Waals surface area contributed by atoms with Crippen LogP contribution in [-0.4, -0.2) is 11.3 Å². The molecule has 0 N–H and O–H groups in total. The number of carbonyl (C=O) groups excluding carboxylic acids is 1. The van der Waals surface area contributed by atoms with E-state index in [1.807, 2.05) is 13.8 Å². The van der Waals surface area contributed by atoms with E-state index in [1.54, 1.807) is 30.8 Å². The van der Waals surface area contributed by atoms with Crippen molar-refractivity contribution in [1.29, 1.82) is 0 Å². The molecule has 0 atom stereocenters. The minimum atomic E-state index is 0. The van der Waals surface area contributed by atoms with Crippen LogP contribution in [0, 0.1) is 0 Å². The molecule has 0 amide bonds. The molecule has 0 saturated carbocycles. The molecule has 1 aromatic rings. The molecule has 0 aliphatic rings. The third-order valence-electron chi connectivity index (χ3n) is 0.798. The Morgan fingerprint density at radius 3 is 2.00 bits per heavy atom. The Kier molecular flexibility index (Phi) is 13.3. The van der Waals surface area contributed by atoms with E-state index >= 15 is 0 Å². The standard InChI is InChI=1S/C6H4NO.C2H6.K/c8-5-6-1-3-7-4-2-6;1-2;/h1-4H;1-2H3;/q-1;;+1. The summed E-state index contributed by atoms with van der Waals surface area (Å²) in [5.74, 6) is 0. The molecule has 1 heterocycles. The first-order valence-corrected chi connectivity index (χ1v) is 3.21. The minimum absolute atomic E-state index is 0. The fourth-order valence-corrected chi connectivity index (χ4v) is 0.420. The zero-order chi connectivity index (χ0) is 7.82. The van der Waals surface area contributed by atoms with Crippen LogP contribution in [0.15, 0.2) is 24.5 Å². The summed E-state index contributed by atoms with van der Waals surface area (Å²) in [5.41, 5.74) is 0.542. The largest absolute Gasteiger partial charge is 1.00 e. The molecule has 2 nitrogen and oxygen atoms in total. The molecule has 0 fully saturated rings. The molecule has 1 aromatic heterocycles. The van der Waals surface area contributed by atoms with E-state index in [4.69, 9.17) is 0 Å². The van der Waals surface area contributed by atoms with E-state index in [1.165, 1.54) is 0 Å². The van der Waals surface area contributed by atoms with E-state index in [2.05, 4.69) is 4.98 Å². The molecule has 0 aliphatic carbocycles. The van der Waals surface area contributed by atoms with Gasteiger partial charge < -0.3 is 4.79 Å². The van der Waals surface area contributed by atoms with Gasteiger partial charge in [-0.15, -0.1) is 17.7 Å². The third-order valence-corrected chi connectivity index (χ3v) is 0.798. The first-order chi connectivity index (χ1) is 4.93. The van der Waals surface area contributed by atoms with Crippen molar-refractivity contribution in [1.82, 2.24) is 4.98 Å². The Balaban J connectivity index is 0. The zero-order valence-corrected chi connectivity index (χ0v) is 10.3. The monoisotopic (exact) mass is 175 g/mol. The smallest absolute Gasteiger partial charge is 0.376 e. The molecular formula is C8H10KNO. The Morgan fingerprint density at radius 2 is 1.73 bits per heavy atom. The summed E-state index contributed by atoms with van der Waals surface area (Å²) >= 11 is 0.